The smallest absolute Gasteiger partial charge is 0.340 e. The molecule has 0 aromatic heterocycles. The van der Waals surface area contributed by atoms with Gasteiger partial charge >= 0.3 is 5.97 Å². The van der Waals surface area contributed by atoms with Gasteiger partial charge in [0.1, 0.15) is 0 Å². The molecule has 1 aromatic carbocycles. The number of ether oxygens (including phenoxy) is 1. The number of carbonyl (C=O) groups excluding carboxylic acids is 3. The van der Waals surface area contributed by atoms with E-state index >= 15 is 0 Å². The third-order valence-corrected chi connectivity index (χ3v) is 3.06. The molecule has 0 aliphatic heterocycles. The summed E-state index contributed by atoms with van der Waals surface area (Å²) in [7, 11) is 0. The Hall–Kier alpha value is -2.68. The molecule has 24 heavy (non-hydrogen) atoms. The first-order valence-electron chi connectivity index (χ1n) is 6.99. The maximum Gasteiger partial charge on any atom is 0.340 e. The minimum atomic E-state index is -0.978. The van der Waals surface area contributed by atoms with Gasteiger partial charge < -0.3 is 15.4 Å². The fraction of sp³-hybridized carbons (Fsp3) is 0.357. The fourth-order valence-corrected chi connectivity index (χ4v) is 1.74. The van der Waals surface area contributed by atoms with Crippen molar-refractivity contribution in [2.24, 2.45) is 0 Å². The molecule has 0 aliphatic carbocycles. The summed E-state index contributed by atoms with van der Waals surface area (Å²) in [5.41, 5.74) is -0.553. The SMILES string of the molecule is CCCNC(=O)CNC(=O)COC(=O)c1cc([N+](=O)[O-])ccc1Cl. The van der Waals surface area contributed by atoms with Crippen molar-refractivity contribution in [2.75, 3.05) is 19.7 Å². The number of non-ortho nitro benzene ring substituents is 1. The van der Waals surface area contributed by atoms with Gasteiger partial charge in [0.2, 0.25) is 5.91 Å². The summed E-state index contributed by atoms with van der Waals surface area (Å²) in [5, 5.41) is 15.5. The van der Waals surface area contributed by atoms with Crippen molar-refractivity contribution in [3.05, 3.63) is 38.9 Å². The lowest BCUT2D eigenvalue weighted by Gasteiger charge is -2.08. The number of nitrogens with one attached hydrogen (secondary N) is 2. The standard InChI is InChI=1S/C14H16ClN3O6/c1-2-5-16-12(19)7-17-13(20)8-24-14(21)10-6-9(18(22)23)3-4-11(10)15/h3-4,6H,2,5,7-8H2,1H3,(H,16,19)(H,17,20). The molecule has 0 spiro atoms. The largest absolute Gasteiger partial charge is 0.452 e. The third-order valence-electron chi connectivity index (χ3n) is 2.73. The van der Waals surface area contributed by atoms with Crippen LogP contribution in [0.1, 0.15) is 23.7 Å². The molecule has 2 amide bonds. The number of rotatable bonds is 8. The Kier molecular flexibility index (Phi) is 7.63. The van der Waals surface area contributed by atoms with E-state index in [0.29, 0.717) is 6.54 Å². The van der Waals surface area contributed by atoms with E-state index in [1.165, 1.54) is 6.07 Å². The topological polar surface area (TPSA) is 128 Å². The van der Waals surface area contributed by atoms with Crippen LogP contribution in [0.5, 0.6) is 0 Å². The molecule has 0 saturated carbocycles. The van der Waals surface area contributed by atoms with Gasteiger partial charge in [-0.1, -0.05) is 18.5 Å². The number of nitro benzene ring substituents is 1. The Labute approximate surface area is 142 Å². The Morgan fingerprint density at radius 3 is 2.58 bits per heavy atom. The van der Waals surface area contributed by atoms with Gasteiger partial charge in [0.25, 0.3) is 11.6 Å². The number of esters is 1. The van der Waals surface area contributed by atoms with Crippen molar-refractivity contribution in [1.29, 1.82) is 0 Å². The molecule has 0 saturated heterocycles. The molecular weight excluding hydrogens is 342 g/mol. The predicted molar refractivity (Wildman–Crippen MR) is 84.7 cm³/mol. The van der Waals surface area contributed by atoms with Crippen LogP contribution >= 0.6 is 11.6 Å². The predicted octanol–water partition coefficient (Wildman–Crippen LogP) is 1.05. The molecule has 0 heterocycles. The molecule has 1 aromatic rings. The number of nitro groups is 1. The van der Waals surface area contributed by atoms with Crippen molar-refractivity contribution in [2.45, 2.75) is 13.3 Å². The highest BCUT2D eigenvalue weighted by molar-refractivity contribution is 6.33. The fourth-order valence-electron chi connectivity index (χ4n) is 1.55. The van der Waals surface area contributed by atoms with E-state index in [2.05, 4.69) is 10.6 Å². The summed E-state index contributed by atoms with van der Waals surface area (Å²) in [6, 6.07) is 3.29. The van der Waals surface area contributed by atoms with Gasteiger partial charge in [0, 0.05) is 18.7 Å². The Morgan fingerprint density at radius 1 is 1.25 bits per heavy atom. The van der Waals surface area contributed by atoms with Gasteiger partial charge in [-0.3, -0.25) is 19.7 Å². The van der Waals surface area contributed by atoms with E-state index in [1.54, 1.807) is 0 Å². The zero-order chi connectivity index (χ0) is 18.1. The van der Waals surface area contributed by atoms with Gasteiger partial charge in [-0.2, -0.15) is 0 Å². The second-order valence-corrected chi connectivity index (χ2v) is 5.03. The Morgan fingerprint density at radius 2 is 1.96 bits per heavy atom. The number of benzene rings is 1. The normalized spacial score (nSPS) is 9.92. The van der Waals surface area contributed by atoms with Crippen molar-refractivity contribution < 1.29 is 24.0 Å². The van der Waals surface area contributed by atoms with Gasteiger partial charge in [0.05, 0.1) is 22.1 Å². The summed E-state index contributed by atoms with van der Waals surface area (Å²) in [4.78, 5) is 44.6. The van der Waals surface area contributed by atoms with Crippen LogP contribution in [0.2, 0.25) is 5.02 Å². The zero-order valence-corrected chi connectivity index (χ0v) is 13.6. The third kappa shape index (κ3) is 6.21. The minimum absolute atomic E-state index is 0.0371. The van der Waals surface area contributed by atoms with Crippen LogP contribution in [0.15, 0.2) is 18.2 Å². The lowest BCUT2D eigenvalue weighted by molar-refractivity contribution is -0.384. The molecule has 0 radical (unpaired) electrons. The van der Waals surface area contributed by atoms with Crippen molar-refractivity contribution in [3.63, 3.8) is 0 Å². The van der Waals surface area contributed by atoms with Crippen LogP contribution in [0.3, 0.4) is 0 Å². The lowest BCUT2D eigenvalue weighted by Crippen LogP contribution is -2.38. The summed E-state index contributed by atoms with van der Waals surface area (Å²) in [6.45, 7) is 1.50. The second kappa shape index (κ2) is 9.46. The summed E-state index contributed by atoms with van der Waals surface area (Å²) in [6.07, 6.45) is 0.765. The number of hydrogen-bond donors (Lipinski definition) is 2. The average molecular weight is 358 g/mol. The van der Waals surface area contributed by atoms with Crippen LogP contribution in [0, 0.1) is 10.1 Å². The van der Waals surface area contributed by atoms with Gasteiger partial charge in [-0.05, 0) is 12.5 Å². The van der Waals surface area contributed by atoms with Crippen molar-refractivity contribution >= 4 is 35.1 Å². The molecule has 9 nitrogen and oxygen atoms in total. The molecule has 1 rings (SSSR count). The molecule has 0 aliphatic rings. The maximum absolute atomic E-state index is 11.8. The molecule has 2 N–H and O–H groups in total. The maximum atomic E-state index is 11.8. The first-order valence-corrected chi connectivity index (χ1v) is 7.37. The number of amides is 2. The van der Waals surface area contributed by atoms with E-state index in [-0.39, 0.29) is 28.7 Å². The van der Waals surface area contributed by atoms with Crippen molar-refractivity contribution in [1.82, 2.24) is 10.6 Å². The summed E-state index contributed by atoms with van der Waals surface area (Å²) in [5.74, 6) is -2.02. The lowest BCUT2D eigenvalue weighted by atomic mass is 10.2. The van der Waals surface area contributed by atoms with E-state index in [4.69, 9.17) is 16.3 Å². The number of nitrogens with zero attached hydrogens (tertiary/aromatic N) is 1. The van der Waals surface area contributed by atoms with Crippen LogP contribution in [-0.4, -0.2) is 42.4 Å². The number of halogens is 1. The molecular formula is C14H16ClN3O6. The monoisotopic (exact) mass is 357 g/mol. The van der Waals surface area contributed by atoms with E-state index < -0.39 is 23.4 Å². The van der Waals surface area contributed by atoms with Gasteiger partial charge in [0.15, 0.2) is 6.61 Å². The minimum Gasteiger partial charge on any atom is -0.452 e. The summed E-state index contributed by atoms with van der Waals surface area (Å²) < 4.78 is 4.73. The van der Waals surface area contributed by atoms with Gasteiger partial charge in [-0.15, -0.1) is 0 Å². The molecule has 0 fully saturated rings. The highest BCUT2D eigenvalue weighted by atomic mass is 35.5. The quantitative estimate of drug-likeness (QED) is 0.406. The first kappa shape index (κ1) is 19.4. The highest BCUT2D eigenvalue weighted by Crippen LogP contribution is 2.22. The Balaban J connectivity index is 2.51. The average Bonchev–Trinajstić information content (AvgIpc) is 2.56. The summed E-state index contributed by atoms with van der Waals surface area (Å²) >= 11 is 5.79. The molecule has 0 unspecified atom stereocenters. The molecule has 10 heteroatoms. The molecule has 130 valence electrons. The van der Waals surface area contributed by atoms with E-state index in [9.17, 15) is 24.5 Å². The van der Waals surface area contributed by atoms with Crippen LogP contribution < -0.4 is 10.6 Å². The van der Waals surface area contributed by atoms with Crippen LogP contribution in [0.25, 0.3) is 0 Å². The van der Waals surface area contributed by atoms with Crippen molar-refractivity contribution in [3.8, 4) is 0 Å². The zero-order valence-electron chi connectivity index (χ0n) is 12.8. The van der Waals surface area contributed by atoms with Crippen LogP contribution in [0.4, 0.5) is 5.69 Å². The van der Waals surface area contributed by atoms with E-state index in [0.717, 1.165) is 18.6 Å². The Bertz CT molecular complexity index is 649. The molecule has 0 bridgehead atoms. The van der Waals surface area contributed by atoms with Crippen LogP contribution in [-0.2, 0) is 14.3 Å². The highest BCUT2D eigenvalue weighted by Gasteiger charge is 2.18. The van der Waals surface area contributed by atoms with E-state index in [1.807, 2.05) is 6.92 Å². The number of hydrogen-bond acceptors (Lipinski definition) is 6. The first-order chi connectivity index (χ1) is 11.3. The second-order valence-electron chi connectivity index (χ2n) is 4.62. The molecule has 0 atom stereocenters. The number of carbonyl (C=O) groups is 3. The van der Waals surface area contributed by atoms with Gasteiger partial charge in [-0.25, -0.2) is 4.79 Å².